The molecule has 0 spiro atoms. The first-order valence-corrected chi connectivity index (χ1v) is 6.81. The van der Waals surface area contributed by atoms with Crippen molar-refractivity contribution in [2.24, 2.45) is 0 Å². The fourth-order valence-electron chi connectivity index (χ4n) is 3.09. The van der Waals surface area contributed by atoms with Crippen molar-refractivity contribution in [1.82, 2.24) is 10.3 Å². The smallest absolute Gasteiger partial charge is 0.126 e. The second-order valence-corrected chi connectivity index (χ2v) is 6.94. The lowest BCUT2D eigenvalue weighted by Gasteiger charge is -2.46. The molecular formula is C14H22ClN3. The Labute approximate surface area is 114 Å². The Morgan fingerprint density at radius 2 is 1.83 bits per heavy atom. The van der Waals surface area contributed by atoms with Crippen molar-refractivity contribution in [3.05, 3.63) is 23.4 Å². The van der Waals surface area contributed by atoms with Crippen molar-refractivity contribution in [2.75, 3.05) is 5.32 Å². The van der Waals surface area contributed by atoms with Gasteiger partial charge in [0.1, 0.15) is 5.82 Å². The van der Waals surface area contributed by atoms with Gasteiger partial charge < -0.3 is 10.6 Å². The van der Waals surface area contributed by atoms with Gasteiger partial charge in [0, 0.05) is 23.3 Å². The highest BCUT2D eigenvalue weighted by Crippen LogP contribution is 2.30. The molecule has 1 aromatic heterocycles. The van der Waals surface area contributed by atoms with Gasteiger partial charge in [-0.25, -0.2) is 4.98 Å². The normalized spacial score (nSPS) is 22.7. The van der Waals surface area contributed by atoms with Crippen molar-refractivity contribution in [1.29, 1.82) is 0 Å². The van der Waals surface area contributed by atoms with Crippen LogP contribution in [-0.2, 0) is 0 Å². The van der Waals surface area contributed by atoms with Gasteiger partial charge in [-0.1, -0.05) is 11.6 Å². The number of rotatable bonds is 2. The maximum atomic E-state index is 5.84. The van der Waals surface area contributed by atoms with Gasteiger partial charge in [0.25, 0.3) is 0 Å². The molecule has 0 bridgehead atoms. The number of pyridine rings is 1. The minimum absolute atomic E-state index is 0.145. The molecule has 100 valence electrons. The number of hydrogen-bond donors (Lipinski definition) is 2. The fraction of sp³-hybridized carbons (Fsp3) is 0.643. The van der Waals surface area contributed by atoms with Crippen molar-refractivity contribution in [3.63, 3.8) is 0 Å². The second kappa shape index (κ2) is 4.71. The van der Waals surface area contributed by atoms with Gasteiger partial charge in [0.05, 0.1) is 5.02 Å². The van der Waals surface area contributed by atoms with Crippen LogP contribution >= 0.6 is 11.6 Å². The van der Waals surface area contributed by atoms with E-state index in [1.165, 1.54) is 0 Å². The molecule has 0 atom stereocenters. The lowest BCUT2D eigenvalue weighted by molar-refractivity contribution is 0.170. The SMILES string of the molecule is CC1(C)CC(Nc2ccc(Cl)cn2)CC(C)(C)N1. The number of anilines is 1. The number of nitrogens with one attached hydrogen (secondary N) is 2. The van der Waals surface area contributed by atoms with Crippen LogP contribution in [-0.4, -0.2) is 22.1 Å². The van der Waals surface area contributed by atoms with E-state index in [4.69, 9.17) is 11.6 Å². The van der Waals surface area contributed by atoms with Crippen LogP contribution in [0, 0.1) is 0 Å². The van der Waals surface area contributed by atoms with E-state index in [0.29, 0.717) is 11.1 Å². The minimum atomic E-state index is 0.145. The molecule has 2 N–H and O–H groups in total. The third-order valence-electron chi connectivity index (χ3n) is 3.27. The molecular weight excluding hydrogens is 246 g/mol. The Morgan fingerprint density at radius 3 is 2.33 bits per heavy atom. The monoisotopic (exact) mass is 267 g/mol. The van der Waals surface area contributed by atoms with Gasteiger partial charge in [-0.2, -0.15) is 0 Å². The molecule has 3 nitrogen and oxygen atoms in total. The molecule has 2 rings (SSSR count). The summed E-state index contributed by atoms with van der Waals surface area (Å²) in [6.45, 7) is 8.99. The maximum absolute atomic E-state index is 5.84. The predicted molar refractivity (Wildman–Crippen MR) is 77.2 cm³/mol. The molecule has 1 aromatic rings. The standard InChI is InChI=1S/C14H22ClN3/c1-13(2)7-11(8-14(3,4)18-13)17-12-6-5-10(15)9-16-12/h5-6,9,11,18H,7-8H2,1-4H3,(H,16,17). The van der Waals surface area contributed by atoms with Crippen LogP contribution in [0.4, 0.5) is 5.82 Å². The van der Waals surface area contributed by atoms with E-state index < -0.39 is 0 Å². The summed E-state index contributed by atoms with van der Waals surface area (Å²) in [6, 6.07) is 4.24. The van der Waals surface area contributed by atoms with Gasteiger partial charge in [0.2, 0.25) is 0 Å². The van der Waals surface area contributed by atoms with Crippen LogP contribution in [0.3, 0.4) is 0 Å². The summed E-state index contributed by atoms with van der Waals surface area (Å²) in [6.07, 6.45) is 3.85. The molecule has 0 aliphatic carbocycles. The molecule has 2 heterocycles. The zero-order chi connectivity index (χ0) is 13.4. The average Bonchev–Trinajstić information content (AvgIpc) is 2.16. The van der Waals surface area contributed by atoms with Gasteiger partial charge in [0.15, 0.2) is 0 Å². The van der Waals surface area contributed by atoms with E-state index >= 15 is 0 Å². The van der Waals surface area contributed by atoms with Crippen LogP contribution < -0.4 is 10.6 Å². The first kappa shape index (κ1) is 13.6. The van der Waals surface area contributed by atoms with E-state index in [1.54, 1.807) is 6.20 Å². The number of piperidine rings is 1. The van der Waals surface area contributed by atoms with Crippen molar-refractivity contribution >= 4 is 17.4 Å². The Morgan fingerprint density at radius 1 is 1.22 bits per heavy atom. The number of aromatic nitrogens is 1. The molecule has 18 heavy (non-hydrogen) atoms. The topological polar surface area (TPSA) is 37.0 Å². The number of halogens is 1. The lowest BCUT2D eigenvalue weighted by Crippen LogP contribution is -2.60. The molecule has 1 saturated heterocycles. The molecule has 1 fully saturated rings. The summed E-state index contributed by atoms with van der Waals surface area (Å²) < 4.78 is 0. The summed E-state index contributed by atoms with van der Waals surface area (Å²) in [5, 5.41) is 7.86. The fourth-order valence-corrected chi connectivity index (χ4v) is 3.21. The highest BCUT2D eigenvalue weighted by atomic mass is 35.5. The average molecular weight is 268 g/mol. The molecule has 1 aliphatic heterocycles. The summed E-state index contributed by atoms with van der Waals surface area (Å²) in [5.41, 5.74) is 0.289. The van der Waals surface area contributed by atoms with Crippen LogP contribution in [0.15, 0.2) is 18.3 Å². The summed E-state index contributed by atoms with van der Waals surface area (Å²) in [4.78, 5) is 4.30. The summed E-state index contributed by atoms with van der Waals surface area (Å²) >= 11 is 5.84. The quantitative estimate of drug-likeness (QED) is 0.862. The van der Waals surface area contributed by atoms with Gasteiger partial charge in [-0.3, -0.25) is 0 Å². The van der Waals surface area contributed by atoms with Gasteiger partial charge >= 0.3 is 0 Å². The second-order valence-electron chi connectivity index (χ2n) is 6.50. The van der Waals surface area contributed by atoms with Crippen molar-refractivity contribution in [2.45, 2.75) is 57.7 Å². The first-order chi connectivity index (χ1) is 8.26. The predicted octanol–water partition coefficient (Wildman–Crippen LogP) is 3.46. The maximum Gasteiger partial charge on any atom is 0.126 e. The van der Waals surface area contributed by atoms with Gasteiger partial charge in [-0.05, 0) is 52.7 Å². The highest BCUT2D eigenvalue weighted by molar-refractivity contribution is 6.30. The summed E-state index contributed by atoms with van der Waals surface area (Å²) in [5.74, 6) is 0.901. The third-order valence-corrected chi connectivity index (χ3v) is 3.49. The molecule has 0 radical (unpaired) electrons. The molecule has 4 heteroatoms. The Bertz CT molecular complexity index is 396. The van der Waals surface area contributed by atoms with Crippen LogP contribution in [0.5, 0.6) is 0 Å². The number of nitrogens with zero attached hydrogens (tertiary/aromatic N) is 1. The van der Waals surface area contributed by atoms with E-state index in [1.807, 2.05) is 12.1 Å². The first-order valence-electron chi connectivity index (χ1n) is 6.43. The van der Waals surface area contributed by atoms with Crippen LogP contribution in [0.25, 0.3) is 0 Å². The Hall–Kier alpha value is -0.800. The van der Waals surface area contributed by atoms with E-state index in [-0.39, 0.29) is 11.1 Å². The zero-order valence-electron chi connectivity index (χ0n) is 11.5. The lowest BCUT2D eigenvalue weighted by atomic mass is 9.79. The minimum Gasteiger partial charge on any atom is -0.367 e. The molecule has 0 saturated carbocycles. The van der Waals surface area contributed by atoms with Crippen LogP contribution in [0.1, 0.15) is 40.5 Å². The summed E-state index contributed by atoms with van der Waals surface area (Å²) in [7, 11) is 0. The molecule has 0 unspecified atom stereocenters. The van der Waals surface area contributed by atoms with Gasteiger partial charge in [-0.15, -0.1) is 0 Å². The third kappa shape index (κ3) is 3.59. The molecule has 0 aromatic carbocycles. The zero-order valence-corrected chi connectivity index (χ0v) is 12.3. The Balaban J connectivity index is 2.07. The van der Waals surface area contributed by atoms with Crippen LogP contribution in [0.2, 0.25) is 5.02 Å². The highest BCUT2D eigenvalue weighted by Gasteiger charge is 2.37. The molecule has 1 aliphatic rings. The number of hydrogen-bond acceptors (Lipinski definition) is 3. The van der Waals surface area contributed by atoms with E-state index in [9.17, 15) is 0 Å². The Kier molecular flexibility index (Phi) is 3.56. The van der Waals surface area contributed by atoms with Crippen molar-refractivity contribution < 1.29 is 0 Å². The molecule has 0 amide bonds. The van der Waals surface area contributed by atoms with Crippen molar-refractivity contribution in [3.8, 4) is 0 Å². The van der Waals surface area contributed by atoms with E-state index in [0.717, 1.165) is 18.7 Å². The largest absolute Gasteiger partial charge is 0.367 e. The van der Waals surface area contributed by atoms with E-state index in [2.05, 4.69) is 43.3 Å².